The first-order chi connectivity index (χ1) is 14.6. The Bertz CT molecular complexity index is 1040. The molecule has 0 bridgehead atoms. The number of pyridine rings is 1. The summed E-state index contributed by atoms with van der Waals surface area (Å²) < 4.78 is 19.7. The number of hydrogen-bond donors (Lipinski definition) is 2. The van der Waals surface area contributed by atoms with Crippen LogP contribution in [0.1, 0.15) is 6.42 Å². The fraction of sp³-hybridized carbons (Fsp3) is 0.316. The minimum absolute atomic E-state index is 0.170. The highest BCUT2D eigenvalue weighted by Gasteiger charge is 2.32. The SMILES string of the molecule is NCCCn1nnc(-c2ccc(-c3ccc(N4C[C@H](CO)OC4=O)cc3F)cn2)n1. The van der Waals surface area contributed by atoms with E-state index in [1.807, 2.05) is 0 Å². The predicted molar refractivity (Wildman–Crippen MR) is 105 cm³/mol. The van der Waals surface area contributed by atoms with E-state index in [1.54, 1.807) is 24.3 Å². The summed E-state index contributed by atoms with van der Waals surface area (Å²) in [6.45, 7) is 0.998. The number of aliphatic hydroxyl groups excluding tert-OH is 1. The lowest BCUT2D eigenvalue weighted by atomic mass is 10.1. The number of aliphatic hydroxyl groups is 1. The van der Waals surface area contributed by atoms with E-state index in [2.05, 4.69) is 20.4 Å². The zero-order valence-electron chi connectivity index (χ0n) is 16.0. The van der Waals surface area contributed by atoms with Crippen LogP contribution < -0.4 is 10.6 Å². The number of benzene rings is 1. The van der Waals surface area contributed by atoms with Crippen LogP contribution in [-0.4, -0.2) is 62.2 Å². The first-order valence-corrected chi connectivity index (χ1v) is 9.42. The summed E-state index contributed by atoms with van der Waals surface area (Å²) >= 11 is 0. The van der Waals surface area contributed by atoms with Gasteiger partial charge < -0.3 is 15.6 Å². The number of hydrogen-bond acceptors (Lipinski definition) is 8. The zero-order chi connectivity index (χ0) is 21.1. The van der Waals surface area contributed by atoms with Gasteiger partial charge >= 0.3 is 6.09 Å². The Morgan fingerprint density at radius 3 is 2.83 bits per heavy atom. The van der Waals surface area contributed by atoms with E-state index in [0.29, 0.717) is 41.4 Å². The van der Waals surface area contributed by atoms with E-state index in [1.165, 1.54) is 22.0 Å². The van der Waals surface area contributed by atoms with Gasteiger partial charge in [0.2, 0.25) is 5.82 Å². The first kappa shape index (κ1) is 19.9. The third-order valence-corrected chi connectivity index (χ3v) is 4.66. The summed E-state index contributed by atoms with van der Waals surface area (Å²) in [5.41, 5.74) is 7.26. The van der Waals surface area contributed by atoms with E-state index in [0.717, 1.165) is 6.42 Å². The van der Waals surface area contributed by atoms with Gasteiger partial charge in [-0.2, -0.15) is 4.80 Å². The van der Waals surface area contributed by atoms with Crippen molar-refractivity contribution in [1.82, 2.24) is 25.2 Å². The first-order valence-electron chi connectivity index (χ1n) is 9.42. The molecular formula is C19H20FN7O3. The van der Waals surface area contributed by atoms with Gasteiger partial charge in [-0.3, -0.25) is 9.88 Å². The van der Waals surface area contributed by atoms with Gasteiger partial charge in [-0.25, -0.2) is 9.18 Å². The van der Waals surface area contributed by atoms with Crippen molar-refractivity contribution in [1.29, 1.82) is 0 Å². The highest BCUT2D eigenvalue weighted by molar-refractivity contribution is 5.90. The Balaban J connectivity index is 1.52. The Morgan fingerprint density at radius 1 is 1.30 bits per heavy atom. The van der Waals surface area contributed by atoms with Gasteiger partial charge in [0.15, 0.2) is 0 Å². The maximum Gasteiger partial charge on any atom is 0.414 e. The van der Waals surface area contributed by atoms with Crippen LogP contribution in [0, 0.1) is 5.82 Å². The lowest BCUT2D eigenvalue weighted by Gasteiger charge is -2.14. The van der Waals surface area contributed by atoms with Gasteiger partial charge in [-0.05, 0) is 42.4 Å². The summed E-state index contributed by atoms with van der Waals surface area (Å²) in [4.78, 5) is 18.9. The van der Waals surface area contributed by atoms with Crippen molar-refractivity contribution in [3.63, 3.8) is 0 Å². The number of aromatic nitrogens is 5. The van der Waals surface area contributed by atoms with Gasteiger partial charge in [0.1, 0.15) is 17.6 Å². The van der Waals surface area contributed by atoms with Crippen LogP contribution in [0.15, 0.2) is 36.5 Å². The molecule has 1 amide bonds. The molecule has 0 radical (unpaired) electrons. The van der Waals surface area contributed by atoms with Crippen molar-refractivity contribution in [3.8, 4) is 22.6 Å². The predicted octanol–water partition coefficient (Wildman–Crippen LogP) is 1.21. The smallest absolute Gasteiger partial charge is 0.414 e. The molecule has 3 N–H and O–H groups in total. The van der Waals surface area contributed by atoms with Crippen molar-refractivity contribution in [3.05, 3.63) is 42.3 Å². The summed E-state index contributed by atoms with van der Waals surface area (Å²) in [5.74, 6) is -0.131. The Morgan fingerprint density at radius 2 is 2.17 bits per heavy atom. The number of aryl methyl sites for hydroxylation is 1. The fourth-order valence-corrected chi connectivity index (χ4v) is 3.09. The van der Waals surface area contributed by atoms with Crippen LogP contribution in [0.2, 0.25) is 0 Å². The third-order valence-electron chi connectivity index (χ3n) is 4.66. The van der Waals surface area contributed by atoms with Gasteiger partial charge in [-0.15, -0.1) is 10.2 Å². The number of anilines is 1. The molecular weight excluding hydrogens is 393 g/mol. The molecule has 0 unspecified atom stereocenters. The third kappa shape index (κ3) is 3.98. The molecule has 2 aromatic heterocycles. The van der Waals surface area contributed by atoms with Gasteiger partial charge in [0, 0.05) is 17.3 Å². The molecule has 30 heavy (non-hydrogen) atoms. The number of nitrogens with zero attached hydrogens (tertiary/aromatic N) is 6. The second-order valence-electron chi connectivity index (χ2n) is 6.75. The summed E-state index contributed by atoms with van der Waals surface area (Å²) in [6.07, 6.45) is 1.05. The molecule has 1 saturated heterocycles. The van der Waals surface area contributed by atoms with E-state index >= 15 is 0 Å². The number of ether oxygens (including phenoxy) is 1. The minimum atomic E-state index is -0.612. The van der Waals surface area contributed by atoms with Crippen molar-refractivity contribution >= 4 is 11.8 Å². The second-order valence-corrected chi connectivity index (χ2v) is 6.75. The van der Waals surface area contributed by atoms with Crippen LogP contribution in [0.5, 0.6) is 0 Å². The standard InChI is InChI=1S/C19H20FN7O3/c20-16-8-13(26-10-14(11-28)30-19(26)29)3-4-15(16)12-2-5-17(22-9-12)18-23-25-27(24-18)7-1-6-21/h2-5,8-9,14,28H,1,6-7,10-11,21H2/t14-/m1/s1. The Labute approximate surface area is 171 Å². The molecule has 10 nitrogen and oxygen atoms in total. The van der Waals surface area contributed by atoms with E-state index in [9.17, 15) is 9.18 Å². The van der Waals surface area contributed by atoms with Gasteiger partial charge in [-0.1, -0.05) is 6.07 Å². The van der Waals surface area contributed by atoms with Crippen LogP contribution in [-0.2, 0) is 11.3 Å². The molecule has 3 heterocycles. The van der Waals surface area contributed by atoms with Crippen molar-refractivity contribution in [2.45, 2.75) is 19.1 Å². The molecule has 1 aliphatic rings. The van der Waals surface area contributed by atoms with Crippen molar-refractivity contribution in [2.75, 3.05) is 24.6 Å². The number of rotatable bonds is 7. The normalized spacial score (nSPS) is 16.2. The minimum Gasteiger partial charge on any atom is -0.441 e. The Kier molecular flexibility index (Phi) is 5.63. The highest BCUT2D eigenvalue weighted by Crippen LogP contribution is 2.29. The number of amides is 1. The maximum absolute atomic E-state index is 14.7. The molecule has 156 valence electrons. The van der Waals surface area contributed by atoms with Gasteiger partial charge in [0.05, 0.1) is 25.4 Å². The molecule has 0 saturated carbocycles. The summed E-state index contributed by atoms with van der Waals surface area (Å²) in [7, 11) is 0. The molecule has 1 aliphatic heterocycles. The molecule has 1 aromatic carbocycles. The van der Waals surface area contributed by atoms with Crippen molar-refractivity contribution < 1.29 is 19.0 Å². The quantitative estimate of drug-likeness (QED) is 0.591. The average Bonchev–Trinajstić information content (AvgIpc) is 3.39. The zero-order valence-corrected chi connectivity index (χ0v) is 16.0. The number of cyclic esters (lactones) is 1. The molecule has 4 rings (SSSR count). The summed E-state index contributed by atoms with van der Waals surface area (Å²) in [5, 5.41) is 21.3. The topological polar surface area (TPSA) is 132 Å². The second kappa shape index (κ2) is 8.51. The number of halogens is 1. The fourth-order valence-electron chi connectivity index (χ4n) is 3.09. The number of nitrogens with two attached hydrogens (primary N) is 1. The monoisotopic (exact) mass is 413 g/mol. The van der Waals surface area contributed by atoms with E-state index in [-0.39, 0.29) is 13.2 Å². The van der Waals surface area contributed by atoms with Gasteiger partial charge in [0.25, 0.3) is 0 Å². The van der Waals surface area contributed by atoms with E-state index < -0.39 is 18.0 Å². The van der Waals surface area contributed by atoms with E-state index in [4.69, 9.17) is 15.6 Å². The summed E-state index contributed by atoms with van der Waals surface area (Å²) in [6, 6.07) is 7.86. The molecule has 0 spiro atoms. The Hall–Kier alpha value is -3.44. The molecule has 1 atom stereocenters. The number of carbonyl (C=O) groups excluding carboxylic acids is 1. The van der Waals surface area contributed by atoms with Crippen LogP contribution in [0.3, 0.4) is 0 Å². The lowest BCUT2D eigenvalue weighted by molar-refractivity contribution is 0.0963. The lowest BCUT2D eigenvalue weighted by Crippen LogP contribution is -2.25. The molecule has 0 aliphatic carbocycles. The van der Waals surface area contributed by atoms with Crippen LogP contribution >= 0.6 is 0 Å². The van der Waals surface area contributed by atoms with Crippen LogP contribution in [0.4, 0.5) is 14.9 Å². The molecule has 1 fully saturated rings. The van der Waals surface area contributed by atoms with Crippen molar-refractivity contribution in [2.24, 2.45) is 5.73 Å². The maximum atomic E-state index is 14.7. The number of tetrazole rings is 1. The highest BCUT2D eigenvalue weighted by atomic mass is 19.1. The molecule has 11 heteroatoms. The molecule has 3 aromatic rings. The largest absolute Gasteiger partial charge is 0.441 e. The number of carbonyl (C=O) groups is 1. The van der Waals surface area contributed by atoms with Crippen LogP contribution in [0.25, 0.3) is 22.6 Å². The average molecular weight is 413 g/mol.